The number of hydrogen-bond donors (Lipinski definition) is 1. The molecule has 1 N–H and O–H groups in total. The molecule has 0 bridgehead atoms. The van der Waals surface area contributed by atoms with Gasteiger partial charge in [0.15, 0.2) is 0 Å². The zero-order chi connectivity index (χ0) is 25.1. The number of aryl methyl sites for hydroxylation is 2. The zero-order valence-corrected chi connectivity index (χ0v) is 21.7. The van der Waals surface area contributed by atoms with Crippen LogP contribution in [0.25, 0.3) is 11.3 Å². The number of carbonyl (C=O) groups is 2. The number of carbonyl (C=O) groups excluding carboxylic acids is 2. The second kappa shape index (κ2) is 10.8. The predicted octanol–water partition coefficient (Wildman–Crippen LogP) is 6.80. The number of methoxy groups -OCH3 is 1. The van der Waals surface area contributed by atoms with Crippen LogP contribution in [-0.2, 0) is 17.6 Å². The summed E-state index contributed by atoms with van der Waals surface area (Å²) in [6.07, 6.45) is 11.7. The highest BCUT2D eigenvalue weighted by atomic mass is 32.1. The van der Waals surface area contributed by atoms with Gasteiger partial charge in [0.2, 0.25) is 0 Å². The van der Waals surface area contributed by atoms with Gasteiger partial charge in [0.1, 0.15) is 16.5 Å². The van der Waals surface area contributed by atoms with E-state index in [1.54, 1.807) is 29.7 Å². The summed E-state index contributed by atoms with van der Waals surface area (Å²) in [5.41, 5.74) is 4.28. The molecule has 0 radical (unpaired) electrons. The van der Waals surface area contributed by atoms with Crippen LogP contribution >= 0.6 is 11.3 Å². The molecule has 188 valence electrons. The smallest absolute Gasteiger partial charge is 0.337 e. The molecule has 0 spiro atoms. The van der Waals surface area contributed by atoms with Gasteiger partial charge in [0.05, 0.1) is 24.5 Å². The molecule has 2 aromatic heterocycles. The molecular formula is C29H32N2O4S. The minimum Gasteiger partial charge on any atom is -0.465 e. The van der Waals surface area contributed by atoms with Crippen molar-refractivity contribution in [2.24, 2.45) is 4.99 Å². The lowest BCUT2D eigenvalue weighted by molar-refractivity contribution is 0.0600. The van der Waals surface area contributed by atoms with E-state index in [2.05, 4.69) is 5.32 Å². The summed E-state index contributed by atoms with van der Waals surface area (Å²) in [4.78, 5) is 31.2. The van der Waals surface area contributed by atoms with Gasteiger partial charge in [-0.15, -0.1) is 11.3 Å². The first-order valence-corrected chi connectivity index (χ1v) is 13.6. The summed E-state index contributed by atoms with van der Waals surface area (Å²) >= 11 is 1.64. The van der Waals surface area contributed by atoms with Crippen LogP contribution in [0.2, 0.25) is 0 Å². The third kappa shape index (κ3) is 5.16. The number of hydrogen-bond acceptors (Lipinski definition) is 6. The lowest BCUT2D eigenvalue weighted by Gasteiger charge is -2.23. The number of fused-ring (bicyclic) bond motifs is 1. The molecule has 0 unspecified atom stereocenters. The van der Waals surface area contributed by atoms with Crippen LogP contribution in [0, 0.1) is 6.92 Å². The third-order valence-electron chi connectivity index (χ3n) is 7.17. The number of nitrogens with one attached hydrogen (secondary N) is 1. The number of furan rings is 1. The first-order chi connectivity index (χ1) is 17.5. The predicted molar refractivity (Wildman–Crippen MR) is 143 cm³/mol. The molecule has 1 saturated carbocycles. The van der Waals surface area contributed by atoms with Crippen LogP contribution in [0.3, 0.4) is 0 Å². The highest BCUT2D eigenvalue weighted by Crippen LogP contribution is 2.40. The van der Waals surface area contributed by atoms with Crippen molar-refractivity contribution in [2.75, 3.05) is 7.11 Å². The highest BCUT2D eigenvalue weighted by Gasteiger charge is 2.27. The van der Waals surface area contributed by atoms with Crippen LogP contribution < -0.4 is 5.32 Å². The average molecular weight is 505 g/mol. The Balaban J connectivity index is 1.38. The first kappa shape index (κ1) is 24.5. The summed E-state index contributed by atoms with van der Waals surface area (Å²) in [7, 11) is 1.37. The maximum Gasteiger partial charge on any atom is 0.337 e. The van der Waals surface area contributed by atoms with Gasteiger partial charge < -0.3 is 14.5 Å². The minimum atomic E-state index is -0.362. The molecule has 2 aliphatic carbocycles. The van der Waals surface area contributed by atoms with Crippen LogP contribution in [0.5, 0.6) is 0 Å². The monoisotopic (exact) mass is 504 g/mol. The van der Waals surface area contributed by atoms with Gasteiger partial charge in [-0.25, -0.2) is 9.79 Å². The van der Waals surface area contributed by atoms with E-state index in [0.717, 1.165) is 60.2 Å². The second-order valence-electron chi connectivity index (χ2n) is 9.68. The molecule has 1 fully saturated rings. The van der Waals surface area contributed by atoms with Gasteiger partial charge >= 0.3 is 5.97 Å². The second-order valence-corrected chi connectivity index (χ2v) is 10.8. The maximum atomic E-state index is 13.4. The van der Waals surface area contributed by atoms with E-state index in [9.17, 15) is 9.59 Å². The summed E-state index contributed by atoms with van der Waals surface area (Å²) in [5, 5.41) is 4.07. The Bertz CT molecular complexity index is 1300. The quantitative estimate of drug-likeness (QED) is 0.296. The Hall–Kier alpha value is -3.19. The molecule has 0 saturated heterocycles. The molecule has 6 nitrogen and oxygen atoms in total. The number of rotatable bonds is 6. The van der Waals surface area contributed by atoms with Crippen molar-refractivity contribution in [2.45, 2.75) is 70.8 Å². The highest BCUT2D eigenvalue weighted by molar-refractivity contribution is 7.16. The van der Waals surface area contributed by atoms with E-state index in [-0.39, 0.29) is 17.9 Å². The molecule has 2 heterocycles. The molecular weight excluding hydrogens is 472 g/mol. The summed E-state index contributed by atoms with van der Waals surface area (Å²) < 4.78 is 10.9. The molecule has 36 heavy (non-hydrogen) atoms. The summed E-state index contributed by atoms with van der Waals surface area (Å²) in [5.74, 6) is 0.978. The van der Waals surface area contributed by atoms with Gasteiger partial charge in [-0.3, -0.25) is 4.79 Å². The Morgan fingerprint density at radius 2 is 1.89 bits per heavy atom. The Morgan fingerprint density at radius 1 is 1.08 bits per heavy atom. The van der Waals surface area contributed by atoms with E-state index in [1.165, 1.54) is 36.8 Å². The van der Waals surface area contributed by atoms with Crippen LogP contribution in [0.4, 0.5) is 5.00 Å². The van der Waals surface area contributed by atoms with Gasteiger partial charge in [-0.2, -0.15) is 0 Å². The number of amides is 1. The van der Waals surface area contributed by atoms with Crippen LogP contribution in [0.1, 0.15) is 87.4 Å². The van der Waals surface area contributed by atoms with Crippen molar-refractivity contribution in [3.05, 3.63) is 63.2 Å². The SMILES string of the molecule is COC(=O)c1ccc(-c2ccc(C=Nc3sc4c(c3C(=O)NC3CCCCC3)CCCC4)o2)c(C)c1. The Morgan fingerprint density at radius 3 is 2.67 bits per heavy atom. The lowest BCUT2D eigenvalue weighted by atomic mass is 9.93. The molecule has 1 aromatic carbocycles. The fourth-order valence-electron chi connectivity index (χ4n) is 5.26. The largest absolute Gasteiger partial charge is 0.465 e. The molecule has 0 aliphatic heterocycles. The fourth-order valence-corrected chi connectivity index (χ4v) is 6.49. The fraction of sp³-hybridized carbons (Fsp3) is 0.414. The molecule has 0 atom stereocenters. The molecule has 2 aliphatic rings. The summed E-state index contributed by atoms with van der Waals surface area (Å²) in [6.45, 7) is 1.94. The normalized spacial score (nSPS) is 16.2. The van der Waals surface area contributed by atoms with E-state index >= 15 is 0 Å². The minimum absolute atomic E-state index is 0.0231. The number of benzene rings is 1. The molecule has 1 amide bonds. The van der Waals surface area contributed by atoms with Crippen molar-refractivity contribution in [1.82, 2.24) is 5.32 Å². The molecule has 5 rings (SSSR count). The number of nitrogens with zero attached hydrogens (tertiary/aromatic N) is 1. The number of aliphatic imine (C=N–C) groups is 1. The van der Waals surface area contributed by atoms with Crippen molar-refractivity contribution < 1.29 is 18.7 Å². The third-order valence-corrected chi connectivity index (χ3v) is 8.37. The Labute approximate surface area is 215 Å². The van der Waals surface area contributed by atoms with E-state index in [0.29, 0.717) is 17.1 Å². The van der Waals surface area contributed by atoms with E-state index < -0.39 is 0 Å². The average Bonchev–Trinajstić information content (AvgIpc) is 3.52. The summed E-state index contributed by atoms with van der Waals surface area (Å²) in [6, 6.07) is 9.44. The van der Waals surface area contributed by atoms with E-state index in [4.69, 9.17) is 14.1 Å². The van der Waals surface area contributed by atoms with Gasteiger partial charge in [0.25, 0.3) is 5.91 Å². The van der Waals surface area contributed by atoms with Crippen molar-refractivity contribution >= 4 is 34.4 Å². The zero-order valence-electron chi connectivity index (χ0n) is 20.9. The molecule has 3 aromatic rings. The van der Waals surface area contributed by atoms with Crippen molar-refractivity contribution in [1.29, 1.82) is 0 Å². The Kier molecular flexibility index (Phi) is 7.37. The van der Waals surface area contributed by atoms with Crippen molar-refractivity contribution in [3.63, 3.8) is 0 Å². The van der Waals surface area contributed by atoms with E-state index in [1.807, 2.05) is 25.1 Å². The van der Waals surface area contributed by atoms with Gasteiger partial charge in [0, 0.05) is 16.5 Å². The van der Waals surface area contributed by atoms with Crippen molar-refractivity contribution in [3.8, 4) is 11.3 Å². The molecule has 7 heteroatoms. The lowest BCUT2D eigenvalue weighted by Crippen LogP contribution is -2.36. The standard InChI is InChI=1S/C29H32N2O4S/c1-18-16-19(29(33)34-2)12-14-22(18)24-15-13-21(35-24)17-30-28-26(23-10-6-7-11-25(23)36-28)27(32)31-20-8-4-3-5-9-20/h12-17,20H,3-11H2,1-2H3,(H,31,32). The topological polar surface area (TPSA) is 80.9 Å². The number of ether oxygens (including phenoxy) is 1. The van der Waals surface area contributed by atoms with Gasteiger partial charge in [-0.1, -0.05) is 25.3 Å². The number of thiophene rings is 1. The van der Waals surface area contributed by atoms with Gasteiger partial charge in [-0.05, 0) is 80.8 Å². The van der Waals surface area contributed by atoms with Crippen LogP contribution in [-0.4, -0.2) is 31.2 Å². The maximum absolute atomic E-state index is 13.4. The first-order valence-electron chi connectivity index (χ1n) is 12.8. The number of esters is 1. The van der Waals surface area contributed by atoms with Crippen LogP contribution in [0.15, 0.2) is 39.7 Å².